The molecule has 0 spiro atoms. The minimum Gasteiger partial charge on any atom is -0.605 e. The normalized spacial score (nSPS) is 14.4. The minimum absolute atomic E-state index is 0.558. The van der Waals surface area contributed by atoms with Gasteiger partial charge in [0.1, 0.15) is 0 Å². The van der Waals surface area contributed by atoms with E-state index in [2.05, 4.69) is 4.98 Å². The first kappa shape index (κ1) is 11.3. The highest BCUT2D eigenvalue weighted by Crippen LogP contribution is 2.33. The van der Waals surface area contributed by atoms with E-state index < -0.39 is 27.9 Å². The quantitative estimate of drug-likeness (QED) is 0.585. The zero-order valence-corrected chi connectivity index (χ0v) is 7.48. The lowest BCUT2D eigenvalue weighted by Gasteiger charge is -2.17. The van der Waals surface area contributed by atoms with Crippen LogP contribution in [0, 0.1) is 0 Å². The van der Waals surface area contributed by atoms with Crippen LogP contribution >= 0.6 is 0 Å². The Morgan fingerprint density at radius 2 is 2.00 bits per heavy atom. The van der Waals surface area contributed by atoms with Crippen LogP contribution in [0.4, 0.5) is 17.6 Å². The zero-order chi connectivity index (χ0) is 10.8. The third-order valence-corrected chi connectivity index (χ3v) is 2.62. The largest absolute Gasteiger partial charge is 0.605 e. The van der Waals surface area contributed by atoms with Crippen molar-refractivity contribution in [2.45, 2.75) is 16.7 Å². The molecule has 1 unspecified atom stereocenters. The summed E-state index contributed by atoms with van der Waals surface area (Å²) in [6.45, 7) is 0. The molecule has 0 N–H and O–H groups in total. The Labute approximate surface area is 80.1 Å². The zero-order valence-electron chi connectivity index (χ0n) is 6.66. The van der Waals surface area contributed by atoms with Crippen molar-refractivity contribution >= 4 is 11.2 Å². The molecule has 0 saturated carbocycles. The number of aromatic nitrogens is 1. The molecular weight excluding hydrogens is 222 g/mol. The molecule has 1 atom stereocenters. The highest BCUT2D eigenvalue weighted by atomic mass is 32.2. The third-order valence-electron chi connectivity index (χ3n) is 1.33. The molecule has 1 heterocycles. The highest BCUT2D eigenvalue weighted by Gasteiger charge is 2.55. The molecule has 0 saturated heterocycles. The van der Waals surface area contributed by atoms with Gasteiger partial charge in [-0.25, -0.2) is 4.98 Å². The van der Waals surface area contributed by atoms with E-state index in [0.29, 0.717) is 0 Å². The van der Waals surface area contributed by atoms with E-state index in [1.54, 1.807) is 0 Å². The van der Waals surface area contributed by atoms with Crippen molar-refractivity contribution < 1.29 is 22.1 Å². The lowest BCUT2D eigenvalue weighted by atomic mass is 10.5. The van der Waals surface area contributed by atoms with Crippen molar-refractivity contribution in [3.8, 4) is 0 Å². The van der Waals surface area contributed by atoms with Crippen LogP contribution in [0.3, 0.4) is 0 Å². The van der Waals surface area contributed by atoms with Crippen LogP contribution in [0.1, 0.15) is 0 Å². The standard InChI is InChI=1S/C7H5F4NOS/c8-6(9)7(10,11)14(13)5-3-1-2-4-12-5/h1-4,6H. The molecule has 1 rings (SSSR count). The summed E-state index contributed by atoms with van der Waals surface area (Å²) in [6, 6.07) is 3.70. The fraction of sp³-hybridized carbons (Fsp3) is 0.286. The van der Waals surface area contributed by atoms with Crippen LogP contribution in [0.15, 0.2) is 29.4 Å². The maximum atomic E-state index is 12.5. The number of hydrogen-bond donors (Lipinski definition) is 0. The molecule has 2 nitrogen and oxygen atoms in total. The summed E-state index contributed by atoms with van der Waals surface area (Å²) >= 11 is -3.12. The fourth-order valence-corrected chi connectivity index (χ4v) is 1.48. The predicted molar refractivity (Wildman–Crippen MR) is 41.6 cm³/mol. The Morgan fingerprint density at radius 1 is 1.36 bits per heavy atom. The molecule has 0 radical (unpaired) electrons. The van der Waals surface area contributed by atoms with Crippen molar-refractivity contribution in [3.63, 3.8) is 0 Å². The molecule has 1 aromatic heterocycles. The van der Waals surface area contributed by atoms with E-state index in [1.165, 1.54) is 12.1 Å². The molecule has 0 aliphatic carbocycles. The second-order valence-corrected chi connectivity index (χ2v) is 3.80. The maximum Gasteiger partial charge on any atom is 0.474 e. The van der Waals surface area contributed by atoms with Gasteiger partial charge in [0.15, 0.2) is 0 Å². The first-order valence-corrected chi connectivity index (χ1v) is 4.60. The molecule has 14 heavy (non-hydrogen) atoms. The summed E-state index contributed by atoms with van der Waals surface area (Å²) in [5.74, 6) is 0. The van der Waals surface area contributed by atoms with Gasteiger partial charge in [0.25, 0.3) is 5.03 Å². The molecule has 0 fully saturated rings. The van der Waals surface area contributed by atoms with Gasteiger partial charge in [0.05, 0.1) is 11.2 Å². The van der Waals surface area contributed by atoms with Gasteiger partial charge in [-0.05, 0) is 6.07 Å². The summed E-state index contributed by atoms with van der Waals surface area (Å²) in [6.07, 6.45) is -2.86. The fourth-order valence-electron chi connectivity index (χ4n) is 0.677. The molecule has 0 bridgehead atoms. The average molecular weight is 227 g/mol. The smallest absolute Gasteiger partial charge is 0.474 e. The van der Waals surface area contributed by atoms with Gasteiger partial charge in [-0.1, -0.05) is 6.07 Å². The Hall–Kier alpha value is -0.820. The molecule has 0 aromatic carbocycles. The number of nitrogens with zero attached hydrogens (tertiary/aromatic N) is 1. The maximum absolute atomic E-state index is 12.5. The van der Waals surface area contributed by atoms with E-state index in [9.17, 15) is 22.1 Å². The molecular formula is C7H5F4NOS. The molecule has 0 aliphatic heterocycles. The summed E-state index contributed by atoms with van der Waals surface area (Å²) in [5, 5.41) is -5.12. The lowest BCUT2D eigenvalue weighted by molar-refractivity contribution is -0.0638. The Balaban J connectivity index is 2.90. The number of alkyl halides is 4. The molecule has 78 valence electrons. The molecule has 7 heteroatoms. The second-order valence-electron chi connectivity index (χ2n) is 2.30. The van der Waals surface area contributed by atoms with Crippen LogP contribution in [0.25, 0.3) is 0 Å². The van der Waals surface area contributed by atoms with Gasteiger partial charge < -0.3 is 4.55 Å². The van der Waals surface area contributed by atoms with E-state index >= 15 is 0 Å². The monoisotopic (exact) mass is 227 g/mol. The van der Waals surface area contributed by atoms with E-state index in [1.807, 2.05) is 0 Å². The van der Waals surface area contributed by atoms with Gasteiger partial charge in [-0.3, -0.25) is 0 Å². The van der Waals surface area contributed by atoms with Crippen molar-refractivity contribution in [1.29, 1.82) is 0 Å². The van der Waals surface area contributed by atoms with Crippen LogP contribution < -0.4 is 0 Å². The lowest BCUT2D eigenvalue weighted by Crippen LogP contribution is -2.36. The van der Waals surface area contributed by atoms with E-state index in [-0.39, 0.29) is 0 Å². The third kappa shape index (κ3) is 2.16. The number of hydrogen-bond acceptors (Lipinski definition) is 2. The average Bonchev–Trinajstić information content (AvgIpc) is 2.17. The summed E-state index contributed by atoms with van der Waals surface area (Å²) in [7, 11) is 0. The van der Waals surface area contributed by atoms with E-state index in [4.69, 9.17) is 0 Å². The molecule has 0 aliphatic rings. The summed E-state index contributed by atoms with van der Waals surface area (Å²) < 4.78 is 59.6. The molecule has 1 aromatic rings. The first-order chi connectivity index (χ1) is 6.46. The topological polar surface area (TPSA) is 36.0 Å². The Bertz CT molecular complexity index is 295. The van der Waals surface area contributed by atoms with Crippen LogP contribution in [0.5, 0.6) is 0 Å². The highest BCUT2D eigenvalue weighted by molar-refractivity contribution is 7.92. The second kappa shape index (κ2) is 4.14. The number of pyridine rings is 1. The van der Waals surface area contributed by atoms with Gasteiger partial charge in [-0.2, -0.15) is 8.78 Å². The van der Waals surface area contributed by atoms with Crippen LogP contribution in [-0.4, -0.2) is 21.2 Å². The van der Waals surface area contributed by atoms with Crippen molar-refractivity contribution in [3.05, 3.63) is 24.4 Å². The number of halogens is 4. The molecule has 0 amide bonds. The van der Waals surface area contributed by atoms with Gasteiger partial charge in [0.2, 0.25) is 0 Å². The van der Waals surface area contributed by atoms with Gasteiger partial charge in [-0.15, -0.1) is 8.78 Å². The van der Waals surface area contributed by atoms with Crippen LogP contribution in [-0.2, 0) is 11.2 Å². The summed E-state index contributed by atoms with van der Waals surface area (Å²) in [5.41, 5.74) is 0. The van der Waals surface area contributed by atoms with Crippen molar-refractivity contribution in [2.24, 2.45) is 0 Å². The van der Waals surface area contributed by atoms with Crippen molar-refractivity contribution in [1.82, 2.24) is 4.98 Å². The van der Waals surface area contributed by atoms with Gasteiger partial charge >= 0.3 is 11.7 Å². The minimum atomic E-state index is -4.56. The predicted octanol–water partition coefficient (Wildman–Crippen LogP) is 2.05. The van der Waals surface area contributed by atoms with Crippen molar-refractivity contribution in [2.75, 3.05) is 0 Å². The van der Waals surface area contributed by atoms with Gasteiger partial charge in [0, 0.05) is 12.3 Å². The summed E-state index contributed by atoms with van der Waals surface area (Å²) in [4.78, 5) is 3.31. The SMILES string of the molecule is [O-][S+](c1ccccn1)C(F)(F)C(F)F. The first-order valence-electron chi connectivity index (χ1n) is 3.45. The Kier molecular flexibility index (Phi) is 3.33. The van der Waals surface area contributed by atoms with E-state index in [0.717, 1.165) is 12.3 Å². The Morgan fingerprint density at radius 3 is 2.43 bits per heavy atom. The van der Waals surface area contributed by atoms with Crippen LogP contribution in [0.2, 0.25) is 0 Å². The number of rotatable bonds is 3.